The lowest BCUT2D eigenvalue weighted by Crippen LogP contribution is -2.20. The molecule has 0 spiro atoms. The van der Waals surface area contributed by atoms with E-state index in [-0.39, 0.29) is 5.82 Å². The Balaban J connectivity index is 1.47. The molecule has 0 atom stereocenters. The van der Waals surface area contributed by atoms with Gasteiger partial charge in [0.05, 0.1) is 28.8 Å². The van der Waals surface area contributed by atoms with Crippen molar-refractivity contribution in [1.29, 1.82) is 0 Å². The van der Waals surface area contributed by atoms with Crippen LogP contribution in [0.25, 0.3) is 39.3 Å². The zero-order valence-electron chi connectivity index (χ0n) is 26.6. The minimum Gasteiger partial charge on any atom is -0.384 e. The highest BCUT2D eigenvalue weighted by molar-refractivity contribution is 5.92. The van der Waals surface area contributed by atoms with Crippen LogP contribution >= 0.6 is 0 Å². The van der Waals surface area contributed by atoms with Crippen LogP contribution in [-0.2, 0) is 0 Å². The number of H-pyrrole nitrogens is 2. The molecule has 0 saturated heterocycles. The Morgan fingerprint density at radius 2 is 1.91 bits per heavy atom. The van der Waals surface area contributed by atoms with Gasteiger partial charge in [0.1, 0.15) is 17.0 Å². The number of fused-ring (bicyclic) bond motifs is 1. The van der Waals surface area contributed by atoms with E-state index in [2.05, 4.69) is 62.7 Å². The zero-order chi connectivity index (χ0) is 32.1. The van der Waals surface area contributed by atoms with Crippen LogP contribution in [0.3, 0.4) is 0 Å². The van der Waals surface area contributed by atoms with Gasteiger partial charge in [0.15, 0.2) is 0 Å². The summed E-state index contributed by atoms with van der Waals surface area (Å²) in [6.07, 6.45) is 8.09. The van der Waals surface area contributed by atoms with Crippen LogP contribution in [0.5, 0.6) is 0 Å². The lowest BCUT2D eigenvalue weighted by Gasteiger charge is -2.14. The second kappa shape index (κ2) is 13.7. The molecule has 0 aliphatic carbocycles. The van der Waals surface area contributed by atoms with E-state index in [4.69, 9.17) is 4.98 Å². The van der Waals surface area contributed by atoms with Crippen molar-refractivity contribution < 1.29 is 4.39 Å². The number of nitrogens with one attached hydrogen (secondary N) is 4. The van der Waals surface area contributed by atoms with Crippen molar-refractivity contribution in [2.45, 2.75) is 27.2 Å². The highest BCUT2D eigenvalue weighted by Crippen LogP contribution is 2.34. The summed E-state index contributed by atoms with van der Waals surface area (Å²) in [5.41, 5.74) is 10.7. The predicted molar refractivity (Wildman–Crippen MR) is 185 cm³/mol. The molecule has 8 nitrogen and oxygen atoms in total. The Morgan fingerprint density at radius 3 is 2.67 bits per heavy atom. The van der Waals surface area contributed by atoms with Gasteiger partial charge in [-0.1, -0.05) is 39.2 Å². The summed E-state index contributed by atoms with van der Waals surface area (Å²) < 4.78 is 14.8. The van der Waals surface area contributed by atoms with Gasteiger partial charge < -0.3 is 20.5 Å². The Labute approximate surface area is 264 Å². The van der Waals surface area contributed by atoms with Crippen molar-refractivity contribution in [3.05, 3.63) is 109 Å². The Hall–Kier alpha value is -5.02. The molecule has 0 radical (unpaired) electrons. The number of benzene rings is 1. The summed E-state index contributed by atoms with van der Waals surface area (Å²) in [6, 6.07) is 13.0. The van der Waals surface area contributed by atoms with E-state index < -0.39 is 0 Å². The van der Waals surface area contributed by atoms with E-state index in [1.807, 2.05) is 57.4 Å². The maximum Gasteiger partial charge on any atom is 0.135 e. The molecule has 0 saturated carbocycles. The number of rotatable bonds is 13. The van der Waals surface area contributed by atoms with Gasteiger partial charge in [-0.3, -0.25) is 10.1 Å². The Kier molecular flexibility index (Phi) is 9.59. The average Bonchev–Trinajstić information content (AvgIpc) is 3.57. The highest BCUT2D eigenvalue weighted by atomic mass is 19.1. The summed E-state index contributed by atoms with van der Waals surface area (Å²) in [7, 11) is 4.02. The monoisotopic (exact) mass is 604 g/mol. The minimum atomic E-state index is -0.309. The SMILES string of the molecule is C=C/C=C(/c1cc(F)cc(NCCN(C)C)c1)c1cc(-c2n[nH]c3ccc(-c4cncc(NC(=C)CC(C)C)c4)nc23)[nH]c1C. The third kappa shape index (κ3) is 7.56. The topological polar surface area (TPSA) is 97.6 Å². The molecule has 0 amide bonds. The predicted octanol–water partition coefficient (Wildman–Crippen LogP) is 8.03. The van der Waals surface area contributed by atoms with Crippen molar-refractivity contribution >= 4 is 28.0 Å². The van der Waals surface area contributed by atoms with Crippen molar-refractivity contribution in [1.82, 2.24) is 30.0 Å². The quantitative estimate of drug-likeness (QED) is 0.102. The number of hydrogen-bond donors (Lipinski definition) is 4. The van der Waals surface area contributed by atoms with Crippen molar-refractivity contribution in [2.24, 2.45) is 5.92 Å². The van der Waals surface area contributed by atoms with Crippen LogP contribution in [0.2, 0.25) is 0 Å². The average molecular weight is 605 g/mol. The van der Waals surface area contributed by atoms with Crippen LogP contribution in [-0.4, -0.2) is 57.2 Å². The summed E-state index contributed by atoms with van der Waals surface area (Å²) >= 11 is 0. The normalized spacial score (nSPS) is 11.9. The number of aromatic amines is 2. The molecule has 45 heavy (non-hydrogen) atoms. The number of pyridine rings is 2. The van der Waals surface area contributed by atoms with Crippen LogP contribution in [0.4, 0.5) is 15.8 Å². The van der Waals surface area contributed by atoms with Crippen LogP contribution in [0.15, 0.2) is 85.9 Å². The van der Waals surface area contributed by atoms with Crippen molar-refractivity contribution in [3.63, 3.8) is 0 Å². The Morgan fingerprint density at radius 1 is 1.09 bits per heavy atom. The number of allylic oxidation sites excluding steroid dienone is 3. The van der Waals surface area contributed by atoms with Crippen molar-refractivity contribution in [2.75, 3.05) is 37.8 Å². The van der Waals surface area contributed by atoms with E-state index >= 15 is 0 Å². The smallest absolute Gasteiger partial charge is 0.135 e. The van der Waals surface area contributed by atoms with Crippen LogP contribution in [0.1, 0.15) is 37.1 Å². The maximum absolute atomic E-state index is 14.8. The molecular weight excluding hydrogens is 563 g/mol. The molecule has 0 bridgehead atoms. The number of aryl methyl sites for hydroxylation is 1. The Bertz CT molecular complexity index is 1860. The molecule has 0 aliphatic heterocycles. The van der Waals surface area contributed by atoms with E-state index in [9.17, 15) is 4.39 Å². The lowest BCUT2D eigenvalue weighted by molar-refractivity contribution is 0.425. The fourth-order valence-corrected chi connectivity index (χ4v) is 5.34. The van der Waals surface area contributed by atoms with Crippen molar-refractivity contribution in [3.8, 4) is 22.6 Å². The van der Waals surface area contributed by atoms with E-state index in [1.54, 1.807) is 24.5 Å². The molecule has 1 aromatic carbocycles. The highest BCUT2D eigenvalue weighted by Gasteiger charge is 2.18. The molecule has 0 unspecified atom stereocenters. The molecular formula is C36H41FN8. The second-order valence-corrected chi connectivity index (χ2v) is 12.0. The van der Waals surface area contributed by atoms with E-state index in [1.165, 1.54) is 6.07 Å². The fraction of sp³-hybridized carbons (Fsp3) is 0.250. The molecule has 232 valence electrons. The summed E-state index contributed by atoms with van der Waals surface area (Å²) in [5, 5.41) is 14.4. The number of hydrogen-bond acceptors (Lipinski definition) is 6. The molecule has 5 aromatic rings. The maximum atomic E-state index is 14.8. The van der Waals surface area contributed by atoms with Gasteiger partial charge in [0.25, 0.3) is 0 Å². The van der Waals surface area contributed by atoms with Crippen LogP contribution in [0, 0.1) is 18.7 Å². The molecule has 5 rings (SSSR count). The van der Waals surface area contributed by atoms with E-state index in [0.717, 1.165) is 80.4 Å². The van der Waals surface area contributed by atoms with Gasteiger partial charge in [0.2, 0.25) is 0 Å². The second-order valence-electron chi connectivity index (χ2n) is 12.0. The van der Waals surface area contributed by atoms with Gasteiger partial charge in [-0.2, -0.15) is 5.10 Å². The van der Waals surface area contributed by atoms with E-state index in [0.29, 0.717) is 18.2 Å². The number of anilines is 2. The molecule has 9 heteroatoms. The first-order valence-corrected chi connectivity index (χ1v) is 15.1. The molecule has 4 heterocycles. The number of likely N-dealkylation sites (N-methyl/N-ethyl adjacent to an activating group) is 1. The molecule has 0 aliphatic rings. The van der Waals surface area contributed by atoms with Gasteiger partial charge in [-0.25, -0.2) is 9.37 Å². The largest absolute Gasteiger partial charge is 0.384 e. The first-order chi connectivity index (χ1) is 21.6. The third-order valence-electron chi connectivity index (χ3n) is 7.36. The first kappa shape index (κ1) is 31.4. The first-order valence-electron chi connectivity index (χ1n) is 15.1. The summed E-state index contributed by atoms with van der Waals surface area (Å²) in [4.78, 5) is 15.0. The standard InChI is InChI=1S/C36H41FN8/c1-8-9-30(25-15-27(37)18-28(16-25)39-12-13-45(6)7)31-19-34(41-24(31)5)36-35-33(43-44-36)11-10-32(42-35)26-17-29(21-38-20-26)40-23(4)14-22(2)3/h8-11,15-22,39-41H,1,4,12-14H2,2-3,5-7H3,(H,43,44)/b30-9-. The summed E-state index contributed by atoms with van der Waals surface area (Å²) in [5.74, 6) is 0.197. The third-order valence-corrected chi connectivity index (χ3v) is 7.36. The van der Waals surface area contributed by atoms with Gasteiger partial charge >= 0.3 is 0 Å². The molecule has 4 N–H and O–H groups in total. The van der Waals surface area contributed by atoms with Gasteiger partial charge in [-0.15, -0.1) is 0 Å². The zero-order valence-corrected chi connectivity index (χ0v) is 26.6. The van der Waals surface area contributed by atoms with Crippen LogP contribution < -0.4 is 10.6 Å². The van der Waals surface area contributed by atoms with Gasteiger partial charge in [0, 0.05) is 47.5 Å². The lowest BCUT2D eigenvalue weighted by atomic mass is 9.96. The van der Waals surface area contributed by atoms with Gasteiger partial charge in [-0.05, 0) is 87.0 Å². The summed E-state index contributed by atoms with van der Waals surface area (Å²) in [6.45, 7) is 15.9. The molecule has 0 fully saturated rings. The fourth-order valence-electron chi connectivity index (χ4n) is 5.34. The minimum absolute atomic E-state index is 0.309. The number of halogens is 1. The molecule has 4 aromatic heterocycles. The number of aromatic nitrogens is 5. The number of nitrogens with zero attached hydrogens (tertiary/aromatic N) is 4.